The summed E-state index contributed by atoms with van der Waals surface area (Å²) in [5.41, 5.74) is 1.02. The lowest BCUT2D eigenvalue weighted by Gasteiger charge is -2.30. The third-order valence-corrected chi connectivity index (χ3v) is 4.91. The first-order chi connectivity index (χ1) is 10.9. The number of hydrogen-bond donors (Lipinski definition) is 1. The smallest absolute Gasteiger partial charge is 0.283 e. The van der Waals surface area contributed by atoms with Crippen LogP contribution in [0.25, 0.3) is 0 Å². The summed E-state index contributed by atoms with van der Waals surface area (Å²) in [7, 11) is -3.71. The highest BCUT2D eigenvalue weighted by Gasteiger charge is 2.20. The van der Waals surface area contributed by atoms with Gasteiger partial charge in [0.1, 0.15) is 5.84 Å². The van der Waals surface area contributed by atoms with E-state index in [1.807, 2.05) is 25.7 Å². The summed E-state index contributed by atoms with van der Waals surface area (Å²) in [5, 5.41) is 3.25. The molecule has 0 aliphatic carbocycles. The van der Waals surface area contributed by atoms with Crippen molar-refractivity contribution in [1.29, 1.82) is 0 Å². The number of hydrogen-bond acceptors (Lipinski definition) is 4. The van der Waals surface area contributed by atoms with E-state index in [4.69, 9.17) is 4.74 Å². The van der Waals surface area contributed by atoms with E-state index in [0.717, 1.165) is 5.56 Å². The molecule has 2 rings (SSSR count). The molecule has 1 aliphatic heterocycles. The number of nitrogens with one attached hydrogen (secondary N) is 1. The molecule has 0 saturated carbocycles. The predicted molar refractivity (Wildman–Crippen MR) is 91.3 cm³/mol. The van der Waals surface area contributed by atoms with Crippen LogP contribution in [0.1, 0.15) is 19.4 Å². The first-order valence-electron chi connectivity index (χ1n) is 7.85. The van der Waals surface area contributed by atoms with Crippen LogP contribution < -0.4 is 5.32 Å². The van der Waals surface area contributed by atoms with E-state index in [1.165, 1.54) is 0 Å². The Labute approximate surface area is 138 Å². The van der Waals surface area contributed by atoms with Crippen molar-refractivity contribution >= 4 is 15.9 Å². The van der Waals surface area contributed by atoms with Crippen molar-refractivity contribution in [3.63, 3.8) is 0 Å². The molecule has 0 unspecified atom stereocenters. The standard InChI is InChI=1S/C16H25N3O3S/c1-13(2)17-12-16(19-8-10-22-11-9-19)18-23(20,21)15-6-4-14(3)5-7-15/h4-7,13,17H,8-12H2,1-3H3/b18-16-. The van der Waals surface area contributed by atoms with Crippen LogP contribution in [0.3, 0.4) is 0 Å². The van der Waals surface area contributed by atoms with E-state index in [9.17, 15) is 8.42 Å². The van der Waals surface area contributed by atoms with Crippen molar-refractivity contribution in [2.75, 3.05) is 32.8 Å². The molecule has 0 aromatic heterocycles. The van der Waals surface area contributed by atoms with Gasteiger partial charge < -0.3 is 15.0 Å². The van der Waals surface area contributed by atoms with E-state index in [0.29, 0.717) is 38.7 Å². The molecule has 0 atom stereocenters. The quantitative estimate of drug-likeness (QED) is 0.649. The maximum absolute atomic E-state index is 12.6. The Morgan fingerprint density at radius 3 is 2.43 bits per heavy atom. The summed E-state index contributed by atoms with van der Waals surface area (Å²) >= 11 is 0. The van der Waals surface area contributed by atoms with Crippen molar-refractivity contribution in [2.24, 2.45) is 4.40 Å². The van der Waals surface area contributed by atoms with Crippen molar-refractivity contribution < 1.29 is 13.2 Å². The summed E-state index contributed by atoms with van der Waals surface area (Å²) in [6.07, 6.45) is 0. The van der Waals surface area contributed by atoms with Gasteiger partial charge in [-0.05, 0) is 19.1 Å². The van der Waals surface area contributed by atoms with E-state index < -0.39 is 10.0 Å². The number of amidine groups is 1. The lowest BCUT2D eigenvalue weighted by Crippen LogP contribution is -2.46. The zero-order valence-corrected chi connectivity index (χ0v) is 14.8. The highest BCUT2D eigenvalue weighted by Crippen LogP contribution is 2.14. The molecule has 0 radical (unpaired) electrons. The normalized spacial score (nSPS) is 16.9. The monoisotopic (exact) mass is 339 g/mol. The molecule has 128 valence electrons. The second-order valence-electron chi connectivity index (χ2n) is 5.93. The summed E-state index contributed by atoms with van der Waals surface area (Å²) in [6.45, 7) is 8.87. The van der Waals surface area contributed by atoms with Gasteiger partial charge in [-0.1, -0.05) is 31.5 Å². The van der Waals surface area contributed by atoms with Crippen molar-refractivity contribution in [1.82, 2.24) is 10.2 Å². The molecule has 1 saturated heterocycles. The van der Waals surface area contributed by atoms with E-state index in [2.05, 4.69) is 9.71 Å². The van der Waals surface area contributed by atoms with Crippen LogP contribution in [0.4, 0.5) is 0 Å². The van der Waals surface area contributed by atoms with Crippen LogP contribution in [0.15, 0.2) is 33.6 Å². The lowest BCUT2D eigenvalue weighted by atomic mass is 10.2. The highest BCUT2D eigenvalue weighted by molar-refractivity contribution is 7.90. The summed E-state index contributed by atoms with van der Waals surface area (Å²) < 4.78 is 34.6. The molecule has 1 aliphatic rings. The van der Waals surface area contributed by atoms with E-state index in [1.54, 1.807) is 24.3 Å². The molecular formula is C16H25N3O3S. The first-order valence-corrected chi connectivity index (χ1v) is 9.29. The Morgan fingerprint density at radius 1 is 1.26 bits per heavy atom. The first kappa shape index (κ1) is 17.9. The molecule has 1 aromatic carbocycles. The topological polar surface area (TPSA) is 71.0 Å². The second-order valence-corrected chi connectivity index (χ2v) is 7.53. The maximum atomic E-state index is 12.6. The Morgan fingerprint density at radius 2 is 1.87 bits per heavy atom. The van der Waals surface area contributed by atoms with Crippen LogP contribution in [-0.2, 0) is 14.8 Å². The fourth-order valence-electron chi connectivity index (χ4n) is 2.22. The summed E-state index contributed by atoms with van der Waals surface area (Å²) in [5.74, 6) is 0.544. The number of nitrogens with zero attached hydrogens (tertiary/aromatic N) is 2. The third kappa shape index (κ3) is 5.30. The molecule has 0 spiro atoms. The van der Waals surface area contributed by atoms with Crippen LogP contribution in [0.5, 0.6) is 0 Å². The Hall–Kier alpha value is -1.44. The molecule has 1 N–H and O–H groups in total. The molecule has 0 amide bonds. The van der Waals surface area contributed by atoms with Gasteiger partial charge in [0, 0.05) is 19.1 Å². The van der Waals surface area contributed by atoms with Crippen LogP contribution in [0, 0.1) is 6.92 Å². The summed E-state index contributed by atoms with van der Waals surface area (Å²) in [4.78, 5) is 2.20. The average molecular weight is 339 g/mol. The van der Waals surface area contributed by atoms with Gasteiger partial charge in [0.2, 0.25) is 0 Å². The number of ether oxygens (including phenoxy) is 1. The fraction of sp³-hybridized carbons (Fsp3) is 0.562. The van der Waals surface area contributed by atoms with Crippen LogP contribution in [-0.4, -0.2) is 58.0 Å². The number of sulfonamides is 1. The zero-order chi connectivity index (χ0) is 16.9. The predicted octanol–water partition coefficient (Wildman–Crippen LogP) is 1.41. The van der Waals surface area contributed by atoms with Crippen molar-refractivity contribution in [3.8, 4) is 0 Å². The number of morpholine rings is 1. The van der Waals surface area contributed by atoms with Gasteiger partial charge in [-0.2, -0.15) is 8.42 Å². The van der Waals surface area contributed by atoms with Gasteiger partial charge in [-0.25, -0.2) is 0 Å². The van der Waals surface area contributed by atoms with Crippen molar-refractivity contribution in [2.45, 2.75) is 31.7 Å². The molecule has 1 heterocycles. The lowest BCUT2D eigenvalue weighted by molar-refractivity contribution is 0.0674. The second kappa shape index (κ2) is 7.90. The van der Waals surface area contributed by atoms with Crippen molar-refractivity contribution in [3.05, 3.63) is 29.8 Å². The molecule has 1 fully saturated rings. The van der Waals surface area contributed by atoms with Crippen LogP contribution in [0.2, 0.25) is 0 Å². The number of aryl methyl sites for hydroxylation is 1. The number of rotatable bonds is 5. The van der Waals surface area contributed by atoms with E-state index >= 15 is 0 Å². The van der Waals surface area contributed by atoms with Gasteiger partial charge in [0.05, 0.1) is 24.7 Å². The van der Waals surface area contributed by atoms with Gasteiger partial charge in [-0.3, -0.25) is 0 Å². The summed E-state index contributed by atoms with van der Waals surface area (Å²) in [6, 6.07) is 7.01. The third-order valence-electron chi connectivity index (χ3n) is 3.59. The molecule has 0 bridgehead atoms. The molecule has 1 aromatic rings. The minimum absolute atomic E-state index is 0.221. The maximum Gasteiger partial charge on any atom is 0.283 e. The Bertz CT molecular complexity index is 633. The molecular weight excluding hydrogens is 314 g/mol. The average Bonchev–Trinajstić information content (AvgIpc) is 2.52. The largest absolute Gasteiger partial charge is 0.378 e. The Kier molecular flexibility index (Phi) is 6.15. The zero-order valence-electron chi connectivity index (χ0n) is 13.9. The highest BCUT2D eigenvalue weighted by atomic mass is 32.2. The van der Waals surface area contributed by atoms with Gasteiger partial charge in [0.15, 0.2) is 0 Å². The minimum atomic E-state index is -3.71. The molecule has 23 heavy (non-hydrogen) atoms. The van der Waals surface area contributed by atoms with Crippen LogP contribution >= 0.6 is 0 Å². The SMILES string of the molecule is Cc1ccc(S(=O)(=O)/N=C(/CNC(C)C)N2CCOCC2)cc1. The molecule has 6 nitrogen and oxygen atoms in total. The van der Waals surface area contributed by atoms with E-state index in [-0.39, 0.29) is 10.9 Å². The fourth-order valence-corrected chi connectivity index (χ4v) is 3.26. The van der Waals surface area contributed by atoms with Gasteiger partial charge in [-0.15, -0.1) is 4.40 Å². The minimum Gasteiger partial charge on any atom is -0.378 e. The number of benzene rings is 1. The molecule has 7 heteroatoms. The van der Waals surface area contributed by atoms with Gasteiger partial charge >= 0.3 is 0 Å². The Balaban J connectivity index is 2.27. The van der Waals surface area contributed by atoms with Gasteiger partial charge in [0.25, 0.3) is 10.0 Å².